The van der Waals surface area contributed by atoms with Crippen LogP contribution in [-0.4, -0.2) is 60.6 Å². The van der Waals surface area contributed by atoms with Gasteiger partial charge in [0.05, 0.1) is 12.5 Å². The van der Waals surface area contributed by atoms with E-state index in [-0.39, 0.29) is 5.92 Å². The molecular weight excluding hydrogens is 240 g/mol. The largest absolute Gasteiger partial charge is 0.381 e. The number of nitrogens with zero attached hydrogens (tertiary/aromatic N) is 2. The molecule has 3 atom stereocenters. The fraction of sp³-hybridized carbons (Fsp3) is 0.933. The molecule has 108 valence electrons. The molecule has 0 unspecified atom stereocenters. The number of likely N-dealkylation sites (N-methyl/N-ethyl adjacent to an activating group) is 1. The fourth-order valence-electron chi connectivity index (χ4n) is 4.11. The minimum Gasteiger partial charge on any atom is -0.381 e. The van der Waals surface area contributed by atoms with Crippen LogP contribution in [0.15, 0.2) is 0 Å². The van der Waals surface area contributed by atoms with Gasteiger partial charge in [-0.15, -0.1) is 0 Å². The van der Waals surface area contributed by atoms with E-state index in [0.29, 0.717) is 24.6 Å². The normalized spacial score (nSPS) is 36.3. The van der Waals surface area contributed by atoms with Crippen LogP contribution in [-0.2, 0) is 9.53 Å². The van der Waals surface area contributed by atoms with Crippen LogP contribution in [0.5, 0.6) is 0 Å². The number of rotatable bonds is 3. The number of carbonyl (C=O) groups excluding carboxylic acids is 1. The summed E-state index contributed by atoms with van der Waals surface area (Å²) < 4.78 is 5.38. The highest BCUT2D eigenvalue weighted by molar-refractivity contribution is 5.80. The topological polar surface area (TPSA) is 32.8 Å². The summed E-state index contributed by atoms with van der Waals surface area (Å²) in [5.74, 6) is 0.500. The molecule has 0 radical (unpaired) electrons. The van der Waals surface area contributed by atoms with Gasteiger partial charge in [0, 0.05) is 25.2 Å². The minimum atomic E-state index is 0.136. The maximum absolute atomic E-state index is 12.6. The zero-order valence-corrected chi connectivity index (χ0v) is 12.0. The summed E-state index contributed by atoms with van der Waals surface area (Å²) in [6, 6.07) is 1.08. The molecule has 3 fully saturated rings. The maximum Gasteiger partial charge on any atom is 0.228 e. The van der Waals surface area contributed by atoms with Crippen LogP contribution in [0.4, 0.5) is 0 Å². The predicted molar refractivity (Wildman–Crippen MR) is 73.9 cm³/mol. The van der Waals surface area contributed by atoms with Crippen molar-refractivity contribution in [3.05, 3.63) is 0 Å². The number of amides is 1. The third kappa shape index (κ3) is 2.52. The van der Waals surface area contributed by atoms with Crippen molar-refractivity contribution in [3.8, 4) is 0 Å². The Morgan fingerprint density at radius 1 is 1.16 bits per heavy atom. The smallest absolute Gasteiger partial charge is 0.228 e. The standard InChI is InChI=1S/C15H26N2O2/c1-2-16-8-3-5-13(16)14-6-4-9-17(14)15(18)12-7-10-19-11-12/h12-14H,2-11H2,1H3/t12-,13+,14-/m0/s1. The first kappa shape index (κ1) is 13.4. The Bertz CT molecular complexity index is 328. The van der Waals surface area contributed by atoms with Gasteiger partial charge in [0.25, 0.3) is 0 Å². The van der Waals surface area contributed by atoms with Crippen molar-refractivity contribution in [1.82, 2.24) is 9.80 Å². The van der Waals surface area contributed by atoms with Crippen molar-refractivity contribution < 1.29 is 9.53 Å². The van der Waals surface area contributed by atoms with Crippen LogP contribution in [0.3, 0.4) is 0 Å². The van der Waals surface area contributed by atoms with E-state index in [9.17, 15) is 4.79 Å². The van der Waals surface area contributed by atoms with Crippen LogP contribution >= 0.6 is 0 Å². The first-order valence-electron chi connectivity index (χ1n) is 7.93. The Morgan fingerprint density at radius 3 is 2.68 bits per heavy atom. The monoisotopic (exact) mass is 266 g/mol. The first-order chi connectivity index (χ1) is 9.31. The van der Waals surface area contributed by atoms with Crippen molar-refractivity contribution in [2.24, 2.45) is 5.92 Å². The number of likely N-dealkylation sites (tertiary alicyclic amines) is 2. The summed E-state index contributed by atoms with van der Waals surface area (Å²) >= 11 is 0. The Balaban J connectivity index is 1.68. The zero-order chi connectivity index (χ0) is 13.2. The highest BCUT2D eigenvalue weighted by atomic mass is 16.5. The van der Waals surface area contributed by atoms with Crippen molar-refractivity contribution in [2.45, 2.75) is 51.1 Å². The van der Waals surface area contributed by atoms with E-state index in [1.807, 2.05) is 0 Å². The summed E-state index contributed by atoms with van der Waals surface area (Å²) in [6.07, 6.45) is 5.86. The fourth-order valence-corrected chi connectivity index (χ4v) is 4.11. The molecule has 1 amide bonds. The maximum atomic E-state index is 12.6. The molecule has 0 aliphatic carbocycles. The molecule has 0 bridgehead atoms. The molecule has 0 spiro atoms. The molecule has 0 aromatic carbocycles. The van der Waals surface area contributed by atoms with Gasteiger partial charge in [-0.05, 0) is 45.2 Å². The van der Waals surface area contributed by atoms with Gasteiger partial charge in [-0.3, -0.25) is 9.69 Å². The van der Waals surface area contributed by atoms with Crippen LogP contribution in [0, 0.1) is 5.92 Å². The number of hydrogen-bond donors (Lipinski definition) is 0. The lowest BCUT2D eigenvalue weighted by Gasteiger charge is -2.35. The molecule has 4 heteroatoms. The number of ether oxygens (including phenoxy) is 1. The van der Waals surface area contributed by atoms with E-state index in [1.54, 1.807) is 0 Å². The molecule has 19 heavy (non-hydrogen) atoms. The van der Waals surface area contributed by atoms with Crippen LogP contribution in [0.25, 0.3) is 0 Å². The van der Waals surface area contributed by atoms with Gasteiger partial charge in [0.1, 0.15) is 0 Å². The van der Waals surface area contributed by atoms with Gasteiger partial charge in [-0.25, -0.2) is 0 Å². The summed E-state index contributed by atoms with van der Waals surface area (Å²) in [7, 11) is 0. The highest BCUT2D eigenvalue weighted by Crippen LogP contribution is 2.31. The molecule has 3 aliphatic rings. The lowest BCUT2D eigenvalue weighted by atomic mass is 10.0. The summed E-state index contributed by atoms with van der Waals surface area (Å²) in [5.41, 5.74) is 0. The molecule has 3 aliphatic heterocycles. The van der Waals surface area contributed by atoms with Crippen LogP contribution < -0.4 is 0 Å². The molecule has 0 saturated carbocycles. The lowest BCUT2D eigenvalue weighted by molar-refractivity contribution is -0.137. The van der Waals surface area contributed by atoms with Gasteiger partial charge >= 0.3 is 0 Å². The first-order valence-corrected chi connectivity index (χ1v) is 7.93. The van der Waals surface area contributed by atoms with Crippen molar-refractivity contribution >= 4 is 5.91 Å². The Labute approximate surface area is 116 Å². The SMILES string of the molecule is CCN1CCC[C@@H]1[C@@H]1CCCN1C(=O)[C@H]1CCOC1. The van der Waals surface area contributed by atoms with Crippen molar-refractivity contribution in [1.29, 1.82) is 0 Å². The Morgan fingerprint density at radius 2 is 1.95 bits per heavy atom. The van der Waals surface area contributed by atoms with Crippen molar-refractivity contribution in [2.75, 3.05) is 32.8 Å². The van der Waals surface area contributed by atoms with Gasteiger partial charge in [0.2, 0.25) is 5.91 Å². The Kier molecular flexibility index (Phi) is 4.08. The molecule has 3 saturated heterocycles. The summed E-state index contributed by atoms with van der Waals surface area (Å²) in [6.45, 7) is 6.95. The number of hydrogen-bond acceptors (Lipinski definition) is 3. The number of carbonyl (C=O) groups is 1. The molecule has 0 aromatic heterocycles. The summed E-state index contributed by atoms with van der Waals surface area (Å²) in [4.78, 5) is 17.4. The van der Waals surface area contributed by atoms with E-state index in [0.717, 1.165) is 26.1 Å². The van der Waals surface area contributed by atoms with Crippen LogP contribution in [0.1, 0.15) is 39.0 Å². The molecule has 3 rings (SSSR count). The lowest BCUT2D eigenvalue weighted by Crippen LogP contribution is -2.49. The molecule has 0 N–H and O–H groups in total. The Hall–Kier alpha value is -0.610. The second kappa shape index (κ2) is 5.80. The summed E-state index contributed by atoms with van der Waals surface area (Å²) in [5, 5.41) is 0. The second-order valence-electron chi connectivity index (χ2n) is 6.14. The highest BCUT2D eigenvalue weighted by Gasteiger charge is 2.41. The predicted octanol–water partition coefficient (Wildman–Crippen LogP) is 1.50. The second-order valence-corrected chi connectivity index (χ2v) is 6.14. The van der Waals surface area contributed by atoms with Crippen LogP contribution in [0.2, 0.25) is 0 Å². The van der Waals surface area contributed by atoms with E-state index in [1.165, 1.54) is 32.2 Å². The third-order valence-electron chi connectivity index (χ3n) is 5.13. The molecule has 0 aromatic rings. The van der Waals surface area contributed by atoms with Gasteiger partial charge in [0.15, 0.2) is 0 Å². The van der Waals surface area contributed by atoms with Gasteiger partial charge < -0.3 is 9.64 Å². The average molecular weight is 266 g/mol. The average Bonchev–Trinajstić information content (AvgIpc) is 3.16. The van der Waals surface area contributed by atoms with Crippen molar-refractivity contribution in [3.63, 3.8) is 0 Å². The van der Waals surface area contributed by atoms with E-state index in [4.69, 9.17) is 4.74 Å². The third-order valence-corrected chi connectivity index (χ3v) is 5.13. The molecule has 3 heterocycles. The van der Waals surface area contributed by atoms with Gasteiger partial charge in [-0.1, -0.05) is 6.92 Å². The minimum absolute atomic E-state index is 0.136. The molecule has 4 nitrogen and oxygen atoms in total. The van der Waals surface area contributed by atoms with Gasteiger partial charge in [-0.2, -0.15) is 0 Å². The zero-order valence-electron chi connectivity index (χ0n) is 12.0. The van der Waals surface area contributed by atoms with E-state index >= 15 is 0 Å². The quantitative estimate of drug-likeness (QED) is 0.776. The molecular formula is C15H26N2O2. The van der Waals surface area contributed by atoms with E-state index < -0.39 is 0 Å². The van der Waals surface area contributed by atoms with E-state index in [2.05, 4.69) is 16.7 Å².